The van der Waals surface area contributed by atoms with E-state index in [2.05, 4.69) is 0 Å². The van der Waals surface area contributed by atoms with Gasteiger partial charge in [-0.25, -0.2) is 0 Å². The summed E-state index contributed by atoms with van der Waals surface area (Å²) in [6.07, 6.45) is -0.109. The molecule has 0 saturated carbocycles. The molecule has 0 fully saturated rings. The van der Waals surface area contributed by atoms with Gasteiger partial charge in [-0.1, -0.05) is 0 Å². The van der Waals surface area contributed by atoms with Gasteiger partial charge >= 0.3 is 35.5 Å². The summed E-state index contributed by atoms with van der Waals surface area (Å²) in [5.41, 5.74) is -1.35. The maximum Gasteiger partial charge on any atom is 1.00 e. The van der Waals surface area contributed by atoms with Gasteiger partial charge < -0.3 is 14.8 Å². The van der Waals surface area contributed by atoms with Crippen molar-refractivity contribution < 1.29 is 53.0 Å². The Kier molecular flexibility index (Phi) is 6.97. The number of aldehydes is 1. The zero-order valence-corrected chi connectivity index (χ0v) is 10.1. The Morgan fingerprint density at radius 2 is 1.86 bits per heavy atom. The Bertz CT molecular complexity index is 253. The number of hydrogen-bond acceptors (Lipinski definition) is 4. The molecule has 0 aliphatic rings. The van der Waals surface area contributed by atoms with Gasteiger partial charge in [-0.05, 0) is 0 Å². The molecule has 4 nitrogen and oxygen atoms in total. The predicted octanol–water partition coefficient (Wildman–Crippen LogP) is -3.98. The third-order valence-electron chi connectivity index (χ3n) is 1.11. The van der Waals surface area contributed by atoms with Crippen LogP contribution in [0, 0.1) is 0 Å². The summed E-state index contributed by atoms with van der Waals surface area (Å²) in [6.45, 7) is 0. The van der Waals surface area contributed by atoms with E-state index in [0.29, 0.717) is 6.20 Å². The zero-order chi connectivity index (χ0) is 10.6. The van der Waals surface area contributed by atoms with Gasteiger partial charge in [0.15, 0.2) is 6.29 Å². The molecule has 0 aromatic rings. The van der Waals surface area contributed by atoms with Gasteiger partial charge in [-0.2, -0.15) is 8.78 Å². The van der Waals surface area contributed by atoms with E-state index < -0.39 is 23.8 Å². The molecule has 14 heavy (non-hydrogen) atoms. The van der Waals surface area contributed by atoms with Crippen LogP contribution in [0.1, 0.15) is 0 Å². The number of rotatable bonds is 4. The molecular weight excluding hydrogens is 207 g/mol. The average molecular weight is 215 g/mol. The van der Waals surface area contributed by atoms with Crippen molar-refractivity contribution in [3.8, 4) is 0 Å². The molecule has 0 amide bonds. The molecule has 0 aromatic carbocycles. The van der Waals surface area contributed by atoms with Gasteiger partial charge in [-0.15, -0.1) is 0 Å². The summed E-state index contributed by atoms with van der Waals surface area (Å²) in [7, 11) is 2.70. The van der Waals surface area contributed by atoms with Crippen molar-refractivity contribution >= 4 is 12.3 Å². The average Bonchev–Trinajstić information content (AvgIpc) is 1.99. The van der Waals surface area contributed by atoms with Gasteiger partial charge in [-0.3, -0.25) is 4.79 Å². The van der Waals surface area contributed by atoms with E-state index in [1.54, 1.807) is 0 Å². The van der Waals surface area contributed by atoms with Gasteiger partial charge in [0.25, 0.3) is 0 Å². The van der Waals surface area contributed by atoms with Crippen molar-refractivity contribution in [3.63, 3.8) is 0 Å². The van der Waals surface area contributed by atoms with Crippen molar-refractivity contribution in [1.29, 1.82) is 0 Å². The van der Waals surface area contributed by atoms with E-state index in [9.17, 15) is 23.5 Å². The van der Waals surface area contributed by atoms with Gasteiger partial charge in [0.05, 0.1) is 11.5 Å². The van der Waals surface area contributed by atoms with Crippen molar-refractivity contribution in [3.05, 3.63) is 11.8 Å². The number of hydrogen-bond donors (Lipinski definition) is 0. The van der Waals surface area contributed by atoms with Crippen LogP contribution in [0.5, 0.6) is 0 Å². The smallest absolute Gasteiger partial charge is 0.545 e. The molecule has 0 heterocycles. The van der Waals surface area contributed by atoms with Gasteiger partial charge in [0.2, 0.25) is 0 Å². The Labute approximate surface area is 102 Å². The van der Waals surface area contributed by atoms with Crippen LogP contribution in [-0.4, -0.2) is 37.2 Å². The van der Waals surface area contributed by atoms with Crippen LogP contribution in [-0.2, 0) is 9.59 Å². The Balaban J connectivity index is 0. The minimum atomic E-state index is -4.01. The summed E-state index contributed by atoms with van der Waals surface area (Å²) in [6, 6.07) is 0. The summed E-state index contributed by atoms with van der Waals surface area (Å²) >= 11 is 0. The fourth-order valence-electron chi connectivity index (χ4n) is 0.597. The third kappa shape index (κ3) is 4.69. The molecule has 74 valence electrons. The Hall–Kier alpha value is -0.460. The first-order valence-electron chi connectivity index (χ1n) is 3.25. The predicted molar refractivity (Wildman–Crippen MR) is 37.8 cm³/mol. The van der Waals surface area contributed by atoms with Crippen LogP contribution in [0.15, 0.2) is 11.8 Å². The summed E-state index contributed by atoms with van der Waals surface area (Å²) in [5, 5.41) is 10.2. The number of alkyl halides is 2. The third-order valence-corrected chi connectivity index (χ3v) is 1.11. The van der Waals surface area contributed by atoms with Crippen LogP contribution < -0.4 is 34.7 Å². The maximum atomic E-state index is 12.5. The molecule has 0 saturated heterocycles. The van der Waals surface area contributed by atoms with Gasteiger partial charge in [0, 0.05) is 20.3 Å². The molecule has 0 atom stereocenters. The zero-order valence-electron chi connectivity index (χ0n) is 8.08. The molecule has 0 rings (SSSR count). The number of carboxylic acid groups (broad SMARTS) is 1. The number of carboxylic acids is 1. The number of halogens is 2. The van der Waals surface area contributed by atoms with Crippen molar-refractivity contribution in [2.45, 2.75) is 5.92 Å². The Morgan fingerprint density at radius 3 is 2.07 bits per heavy atom. The molecule has 0 aromatic heterocycles. The molecule has 0 aliphatic heterocycles. The van der Waals surface area contributed by atoms with E-state index in [4.69, 9.17) is 0 Å². The second-order valence-electron chi connectivity index (χ2n) is 2.53. The van der Waals surface area contributed by atoms with Crippen molar-refractivity contribution in [2.75, 3.05) is 14.1 Å². The number of nitrogens with zero attached hydrogens (tertiary/aromatic N) is 1. The molecule has 7 heteroatoms. The Morgan fingerprint density at radius 1 is 1.43 bits per heavy atom. The van der Waals surface area contributed by atoms with E-state index in [-0.39, 0.29) is 29.6 Å². The first-order chi connectivity index (χ1) is 5.81. The molecule has 0 bridgehead atoms. The minimum absolute atomic E-state index is 0. The van der Waals surface area contributed by atoms with E-state index in [1.807, 2.05) is 0 Å². The SMILES string of the molecule is CN(C)C=C(C(=O)[O-])C(F)(F)C=O.[Na+]. The van der Waals surface area contributed by atoms with E-state index in [0.717, 1.165) is 4.90 Å². The van der Waals surface area contributed by atoms with E-state index >= 15 is 0 Å². The van der Waals surface area contributed by atoms with Gasteiger partial charge in [0.1, 0.15) is 0 Å². The minimum Gasteiger partial charge on any atom is -0.545 e. The van der Waals surface area contributed by atoms with Crippen LogP contribution in [0.4, 0.5) is 8.78 Å². The largest absolute Gasteiger partial charge is 1.00 e. The molecular formula is C7H8F2NNaO3. The first kappa shape index (κ1) is 16.0. The topological polar surface area (TPSA) is 60.4 Å². The molecule has 0 aliphatic carbocycles. The fourth-order valence-corrected chi connectivity index (χ4v) is 0.597. The normalized spacial score (nSPS) is 11.6. The maximum absolute atomic E-state index is 12.5. The molecule has 0 radical (unpaired) electrons. The number of carbonyl (C=O) groups excluding carboxylic acids is 2. The molecule has 0 unspecified atom stereocenters. The number of aliphatic carboxylic acids is 1. The monoisotopic (exact) mass is 215 g/mol. The standard InChI is InChI=1S/C7H9F2NO3.Na/c1-10(2)3-5(6(12)13)7(8,9)4-11;/h3-4H,1-2H3,(H,12,13);/q;+1/p-1. The van der Waals surface area contributed by atoms with Crippen LogP contribution in [0.3, 0.4) is 0 Å². The second-order valence-corrected chi connectivity index (χ2v) is 2.53. The fraction of sp³-hybridized carbons (Fsp3) is 0.429. The second kappa shape index (κ2) is 6.10. The summed E-state index contributed by atoms with van der Waals surface area (Å²) in [5.74, 6) is -6.07. The van der Waals surface area contributed by atoms with Crippen LogP contribution >= 0.6 is 0 Å². The summed E-state index contributed by atoms with van der Waals surface area (Å²) < 4.78 is 25.1. The summed E-state index contributed by atoms with van der Waals surface area (Å²) in [4.78, 5) is 21.1. The van der Waals surface area contributed by atoms with Crippen LogP contribution in [0.25, 0.3) is 0 Å². The van der Waals surface area contributed by atoms with E-state index in [1.165, 1.54) is 14.1 Å². The van der Waals surface area contributed by atoms with Crippen molar-refractivity contribution in [2.24, 2.45) is 0 Å². The number of carbonyl (C=O) groups is 2. The van der Waals surface area contributed by atoms with Crippen LogP contribution in [0.2, 0.25) is 0 Å². The first-order valence-corrected chi connectivity index (χ1v) is 3.25. The molecule has 0 N–H and O–H groups in total. The quantitative estimate of drug-likeness (QED) is 0.272. The van der Waals surface area contributed by atoms with Crippen molar-refractivity contribution in [1.82, 2.24) is 4.90 Å². The molecule has 0 spiro atoms.